The molecule has 2 heterocycles. The minimum absolute atomic E-state index is 0.0438. The molecular weight excluding hydrogens is 226 g/mol. The molecule has 5 nitrogen and oxygen atoms in total. The van der Waals surface area contributed by atoms with Gasteiger partial charge in [0.15, 0.2) is 4.67 Å². The molecule has 2 aromatic heterocycles. The van der Waals surface area contributed by atoms with Crippen LogP contribution in [0.15, 0.2) is 25.8 Å². The van der Waals surface area contributed by atoms with Gasteiger partial charge in [0.2, 0.25) is 0 Å². The Morgan fingerprint density at radius 3 is 2.75 bits per heavy atom. The fraction of sp³-hybridized carbons (Fsp3) is 0. The molecule has 0 saturated heterocycles. The monoisotopic (exact) mass is 229 g/mol. The Balaban J connectivity index is 2.43. The fourth-order valence-electron chi connectivity index (χ4n) is 0.773. The van der Waals surface area contributed by atoms with E-state index in [1.165, 1.54) is 6.26 Å². The molecule has 0 saturated carbocycles. The number of nitrogen functional groups attached to an aromatic ring is 1. The first-order valence-corrected chi connectivity index (χ1v) is 3.88. The van der Waals surface area contributed by atoms with Gasteiger partial charge in [-0.1, -0.05) is 5.10 Å². The second-order valence-corrected chi connectivity index (χ2v) is 2.87. The molecular formula is C6H4BrN3O2. The summed E-state index contributed by atoms with van der Waals surface area (Å²) in [4.78, 5) is 0. The molecule has 62 valence electrons. The predicted octanol–water partition coefficient (Wildman–Crippen LogP) is 1.67. The van der Waals surface area contributed by atoms with Crippen LogP contribution in [0, 0.1) is 0 Å². The zero-order valence-electron chi connectivity index (χ0n) is 5.82. The van der Waals surface area contributed by atoms with Crippen molar-refractivity contribution in [2.75, 3.05) is 5.73 Å². The molecule has 0 bridgehead atoms. The van der Waals surface area contributed by atoms with E-state index >= 15 is 0 Å². The quantitative estimate of drug-likeness (QED) is 0.805. The van der Waals surface area contributed by atoms with E-state index in [4.69, 9.17) is 14.6 Å². The summed E-state index contributed by atoms with van der Waals surface area (Å²) in [5, 5.41) is 7.18. The lowest BCUT2D eigenvalue weighted by atomic mass is 10.3. The molecule has 0 radical (unpaired) electrons. The van der Waals surface area contributed by atoms with Gasteiger partial charge in [0.05, 0.1) is 5.56 Å². The lowest BCUT2D eigenvalue weighted by Gasteiger charge is -1.81. The van der Waals surface area contributed by atoms with Crippen LogP contribution in [0.25, 0.3) is 11.5 Å². The van der Waals surface area contributed by atoms with Crippen molar-refractivity contribution in [3.63, 3.8) is 0 Å². The number of nitrogens with two attached hydrogens (primary N) is 1. The van der Waals surface area contributed by atoms with Gasteiger partial charge in [-0.05, 0) is 15.9 Å². The Hall–Kier alpha value is -1.30. The highest BCUT2D eigenvalue weighted by molar-refractivity contribution is 9.10. The predicted molar refractivity (Wildman–Crippen MR) is 44.1 cm³/mol. The Kier molecular flexibility index (Phi) is 1.61. The topological polar surface area (TPSA) is 78.1 Å². The summed E-state index contributed by atoms with van der Waals surface area (Å²) >= 11 is 3.15. The van der Waals surface area contributed by atoms with Gasteiger partial charge in [0, 0.05) is 6.07 Å². The summed E-state index contributed by atoms with van der Waals surface area (Å²) < 4.78 is 10.5. The first-order valence-electron chi connectivity index (χ1n) is 3.09. The summed E-state index contributed by atoms with van der Waals surface area (Å²) in [5.41, 5.74) is 5.94. The van der Waals surface area contributed by atoms with Crippen LogP contribution in [0.3, 0.4) is 0 Å². The van der Waals surface area contributed by atoms with Gasteiger partial charge in [-0.25, -0.2) is 0 Å². The smallest absolute Gasteiger partial charge is 0.313 e. The van der Waals surface area contributed by atoms with Gasteiger partial charge in [-0.15, -0.1) is 5.10 Å². The summed E-state index contributed by atoms with van der Waals surface area (Å²) in [6.07, 6.45) is 1.50. The van der Waals surface area contributed by atoms with Crippen molar-refractivity contribution in [3.8, 4) is 11.5 Å². The van der Waals surface area contributed by atoms with Crippen LogP contribution in [0.2, 0.25) is 0 Å². The third-order valence-corrected chi connectivity index (χ3v) is 1.67. The summed E-state index contributed by atoms with van der Waals surface area (Å²) in [7, 11) is 0. The maximum absolute atomic E-state index is 5.24. The van der Waals surface area contributed by atoms with E-state index in [0.717, 1.165) is 0 Å². The number of anilines is 1. The van der Waals surface area contributed by atoms with Crippen molar-refractivity contribution in [1.82, 2.24) is 10.2 Å². The number of nitrogens with zero attached hydrogens (tertiary/aromatic N) is 2. The van der Waals surface area contributed by atoms with Crippen LogP contribution in [-0.4, -0.2) is 10.2 Å². The second-order valence-electron chi connectivity index (χ2n) is 2.08. The maximum Gasteiger partial charge on any atom is 0.313 e. The Labute approximate surface area is 75.7 Å². The molecule has 2 aromatic rings. The average molecular weight is 230 g/mol. The van der Waals surface area contributed by atoms with Crippen LogP contribution in [0.4, 0.5) is 6.01 Å². The first kappa shape index (κ1) is 7.35. The van der Waals surface area contributed by atoms with Gasteiger partial charge in [-0.2, -0.15) is 0 Å². The number of hydrogen-bond donors (Lipinski definition) is 1. The van der Waals surface area contributed by atoms with E-state index < -0.39 is 0 Å². The Bertz CT molecular complexity index is 357. The van der Waals surface area contributed by atoms with Crippen LogP contribution in [0.1, 0.15) is 0 Å². The highest BCUT2D eigenvalue weighted by Crippen LogP contribution is 2.23. The van der Waals surface area contributed by atoms with Crippen molar-refractivity contribution in [1.29, 1.82) is 0 Å². The number of hydrogen-bond acceptors (Lipinski definition) is 5. The SMILES string of the molecule is Nc1nnc(-c2coc(Br)c2)o1. The minimum Gasteiger partial charge on any atom is -0.457 e. The van der Waals surface area contributed by atoms with Gasteiger partial charge >= 0.3 is 6.01 Å². The molecule has 0 spiro atoms. The molecule has 6 heteroatoms. The Morgan fingerprint density at radius 2 is 2.25 bits per heavy atom. The minimum atomic E-state index is 0.0438. The largest absolute Gasteiger partial charge is 0.457 e. The third kappa shape index (κ3) is 1.20. The van der Waals surface area contributed by atoms with Gasteiger partial charge in [0.1, 0.15) is 6.26 Å². The zero-order chi connectivity index (χ0) is 8.55. The molecule has 0 amide bonds. The Morgan fingerprint density at radius 1 is 1.42 bits per heavy atom. The summed E-state index contributed by atoms with van der Waals surface area (Å²) in [6, 6.07) is 1.76. The standard InChI is InChI=1S/C6H4BrN3O2/c7-4-1-3(2-11-4)5-9-10-6(8)12-5/h1-2H,(H2,8,10). The highest BCUT2D eigenvalue weighted by Gasteiger charge is 2.08. The van der Waals surface area contributed by atoms with Crippen molar-refractivity contribution < 1.29 is 8.83 Å². The molecule has 2 rings (SSSR count). The van der Waals surface area contributed by atoms with E-state index in [9.17, 15) is 0 Å². The van der Waals surface area contributed by atoms with Gasteiger partial charge in [0.25, 0.3) is 5.89 Å². The molecule has 0 aliphatic rings. The lowest BCUT2D eigenvalue weighted by Crippen LogP contribution is -1.81. The van der Waals surface area contributed by atoms with Crippen molar-refractivity contribution in [2.45, 2.75) is 0 Å². The molecule has 0 fully saturated rings. The van der Waals surface area contributed by atoms with E-state index in [1.807, 2.05) is 0 Å². The number of halogens is 1. The maximum atomic E-state index is 5.24. The summed E-state index contributed by atoms with van der Waals surface area (Å²) in [5.74, 6) is 0.349. The average Bonchev–Trinajstić information content (AvgIpc) is 2.58. The number of rotatable bonds is 1. The molecule has 0 aliphatic heterocycles. The van der Waals surface area contributed by atoms with E-state index in [0.29, 0.717) is 16.1 Å². The summed E-state index contributed by atoms with van der Waals surface area (Å²) in [6.45, 7) is 0. The van der Waals surface area contributed by atoms with Crippen LogP contribution < -0.4 is 5.73 Å². The fourth-order valence-corrected chi connectivity index (χ4v) is 1.11. The van der Waals surface area contributed by atoms with E-state index in [1.54, 1.807) is 6.07 Å². The third-order valence-electron chi connectivity index (χ3n) is 1.26. The van der Waals surface area contributed by atoms with E-state index in [-0.39, 0.29) is 6.01 Å². The van der Waals surface area contributed by atoms with E-state index in [2.05, 4.69) is 26.1 Å². The second kappa shape index (κ2) is 2.63. The molecule has 0 aromatic carbocycles. The number of aromatic nitrogens is 2. The van der Waals surface area contributed by atoms with Crippen LogP contribution in [-0.2, 0) is 0 Å². The van der Waals surface area contributed by atoms with Crippen molar-refractivity contribution >= 4 is 21.9 Å². The van der Waals surface area contributed by atoms with Crippen LogP contribution >= 0.6 is 15.9 Å². The van der Waals surface area contributed by atoms with Gasteiger partial charge < -0.3 is 14.6 Å². The number of furan rings is 1. The van der Waals surface area contributed by atoms with Crippen molar-refractivity contribution in [2.24, 2.45) is 0 Å². The highest BCUT2D eigenvalue weighted by atomic mass is 79.9. The lowest BCUT2D eigenvalue weighted by molar-refractivity contribution is 0.539. The molecule has 12 heavy (non-hydrogen) atoms. The van der Waals surface area contributed by atoms with Crippen LogP contribution in [0.5, 0.6) is 0 Å². The molecule has 2 N–H and O–H groups in total. The normalized spacial score (nSPS) is 10.4. The molecule has 0 unspecified atom stereocenters. The molecule has 0 atom stereocenters. The molecule has 0 aliphatic carbocycles. The zero-order valence-corrected chi connectivity index (χ0v) is 7.41. The van der Waals surface area contributed by atoms with Gasteiger partial charge in [-0.3, -0.25) is 0 Å². The first-order chi connectivity index (χ1) is 5.75. The van der Waals surface area contributed by atoms with Crippen molar-refractivity contribution in [3.05, 3.63) is 17.0 Å².